The molecule has 5 unspecified atom stereocenters. The van der Waals surface area contributed by atoms with Crippen molar-refractivity contribution in [2.45, 2.75) is 317 Å². The first-order valence-electron chi connectivity index (χ1n) is 36.4. The minimum atomic E-state index is 0.361. The van der Waals surface area contributed by atoms with Crippen LogP contribution in [0, 0.1) is 104 Å². The number of rotatable bonds is 18. The maximum absolute atomic E-state index is 5.91. The molecule has 5 aliphatic heterocycles. The fourth-order valence-electron chi connectivity index (χ4n) is 13.4. The SMILES string of the molecule is CC1=COC(CCCc2ccc(C)c(C)c2C)CC1.CC1=COC(Cc2ccc(C)c(C)c2C)CC1.CCCC1=COC(Cc2ccc(C)c(C)c2C)CC1.CCCC1CCC(Cc2ccc(C)c(C)c2C)=CO1.Cc1ccc(CCCC2=COC(C)CC2)c(C)c1C. The molecule has 5 aliphatic rings. The van der Waals surface area contributed by atoms with Gasteiger partial charge in [-0.15, -0.1) is 0 Å². The Kier molecular flexibility index (Phi) is 31.3. The Balaban J connectivity index is 0.000000185. The number of hydrogen-bond acceptors (Lipinski definition) is 5. The zero-order valence-corrected chi connectivity index (χ0v) is 62.4. The zero-order chi connectivity index (χ0) is 67.7. The highest BCUT2D eigenvalue weighted by atomic mass is 16.5. The first-order valence-corrected chi connectivity index (χ1v) is 36.4. The highest BCUT2D eigenvalue weighted by Gasteiger charge is 2.21. The van der Waals surface area contributed by atoms with Crippen LogP contribution in [0.3, 0.4) is 0 Å². The van der Waals surface area contributed by atoms with Gasteiger partial charge < -0.3 is 23.7 Å². The highest BCUT2D eigenvalue weighted by Crippen LogP contribution is 2.31. The molecule has 5 nitrogen and oxygen atoms in total. The molecule has 0 saturated carbocycles. The zero-order valence-electron chi connectivity index (χ0n) is 62.4. The lowest BCUT2D eigenvalue weighted by Crippen LogP contribution is -2.18. The van der Waals surface area contributed by atoms with Crippen LogP contribution in [-0.2, 0) is 55.8 Å². The monoisotopic (exact) mass is 1260 g/mol. The van der Waals surface area contributed by atoms with Crippen LogP contribution in [0.25, 0.3) is 0 Å². The van der Waals surface area contributed by atoms with Crippen molar-refractivity contribution >= 4 is 0 Å². The summed E-state index contributed by atoms with van der Waals surface area (Å²) in [5.74, 6) is 0. The van der Waals surface area contributed by atoms with E-state index in [4.69, 9.17) is 23.7 Å². The Labute approximate surface area is 568 Å². The molecule has 5 aromatic carbocycles. The van der Waals surface area contributed by atoms with Crippen LogP contribution < -0.4 is 0 Å². The van der Waals surface area contributed by atoms with Crippen LogP contribution in [0.2, 0.25) is 0 Å². The van der Waals surface area contributed by atoms with Crippen molar-refractivity contribution in [2.75, 3.05) is 0 Å². The summed E-state index contributed by atoms with van der Waals surface area (Å²) < 4.78 is 28.8. The molecule has 10 rings (SSSR count). The Morgan fingerprint density at radius 2 is 0.656 bits per heavy atom. The third-order valence-electron chi connectivity index (χ3n) is 21.7. The summed E-state index contributed by atoms with van der Waals surface area (Å²) >= 11 is 0. The smallest absolute Gasteiger partial charge is 0.102 e. The molecule has 0 spiro atoms. The number of ether oxygens (including phenoxy) is 5. The van der Waals surface area contributed by atoms with Crippen molar-refractivity contribution in [3.05, 3.63) is 231 Å². The number of aryl methyl sites for hydroxylation is 7. The van der Waals surface area contributed by atoms with Crippen LogP contribution in [-0.4, -0.2) is 30.5 Å². The first-order chi connectivity index (χ1) is 44.5. The maximum atomic E-state index is 5.91. The quantitative estimate of drug-likeness (QED) is 0.0875. The van der Waals surface area contributed by atoms with Crippen LogP contribution in [0.5, 0.6) is 0 Å². The Hall–Kier alpha value is -6.20. The Morgan fingerprint density at radius 1 is 0.301 bits per heavy atom. The predicted octanol–water partition coefficient (Wildman–Crippen LogP) is 24.3. The molecule has 5 heterocycles. The Morgan fingerprint density at radius 3 is 1.08 bits per heavy atom. The van der Waals surface area contributed by atoms with E-state index in [1.807, 2.05) is 31.3 Å². The van der Waals surface area contributed by atoms with E-state index in [-0.39, 0.29) is 0 Å². The van der Waals surface area contributed by atoms with Gasteiger partial charge in [-0.25, -0.2) is 0 Å². The molecule has 0 radical (unpaired) electrons. The minimum Gasteiger partial charge on any atom is -0.498 e. The van der Waals surface area contributed by atoms with Crippen molar-refractivity contribution < 1.29 is 23.7 Å². The molecule has 93 heavy (non-hydrogen) atoms. The van der Waals surface area contributed by atoms with Gasteiger partial charge in [0, 0.05) is 12.8 Å². The molecule has 5 atom stereocenters. The largest absolute Gasteiger partial charge is 0.498 e. The van der Waals surface area contributed by atoms with Gasteiger partial charge in [0.25, 0.3) is 0 Å². The molecular formula is C88H126O5. The van der Waals surface area contributed by atoms with Gasteiger partial charge in [0.15, 0.2) is 0 Å². The van der Waals surface area contributed by atoms with E-state index < -0.39 is 0 Å². The van der Waals surface area contributed by atoms with E-state index in [0.29, 0.717) is 30.5 Å². The van der Waals surface area contributed by atoms with Crippen LogP contribution in [0.1, 0.15) is 261 Å². The third kappa shape index (κ3) is 23.9. The molecule has 0 N–H and O–H groups in total. The summed E-state index contributed by atoms with van der Waals surface area (Å²) in [5.41, 5.74) is 35.9. The van der Waals surface area contributed by atoms with Gasteiger partial charge in [0.2, 0.25) is 0 Å². The van der Waals surface area contributed by atoms with Crippen molar-refractivity contribution in [2.24, 2.45) is 0 Å². The summed E-state index contributed by atoms with van der Waals surface area (Å²) in [7, 11) is 0. The summed E-state index contributed by atoms with van der Waals surface area (Å²) in [6, 6.07) is 22.6. The van der Waals surface area contributed by atoms with Gasteiger partial charge in [-0.05, 0) is 386 Å². The van der Waals surface area contributed by atoms with E-state index in [1.165, 1.54) is 255 Å². The number of allylic oxidation sites excluding steroid dienone is 5. The van der Waals surface area contributed by atoms with Crippen molar-refractivity contribution in [3.63, 3.8) is 0 Å². The van der Waals surface area contributed by atoms with Crippen LogP contribution in [0.15, 0.2) is 120 Å². The van der Waals surface area contributed by atoms with Gasteiger partial charge in [-0.2, -0.15) is 0 Å². The molecule has 0 aliphatic carbocycles. The Bertz CT molecular complexity index is 3360. The van der Waals surface area contributed by atoms with E-state index in [0.717, 1.165) is 32.1 Å². The summed E-state index contributed by atoms with van der Waals surface area (Å²) in [4.78, 5) is 0. The average molecular weight is 1260 g/mol. The predicted molar refractivity (Wildman–Crippen MR) is 398 cm³/mol. The van der Waals surface area contributed by atoms with E-state index in [9.17, 15) is 0 Å². The summed E-state index contributed by atoms with van der Waals surface area (Å²) in [5, 5.41) is 0. The molecule has 508 valence electrons. The molecule has 0 amide bonds. The summed E-state index contributed by atoms with van der Waals surface area (Å²) in [6.45, 7) is 44.1. The topological polar surface area (TPSA) is 46.2 Å². The van der Waals surface area contributed by atoms with Gasteiger partial charge in [-0.1, -0.05) is 87.4 Å². The number of hydrogen-bond donors (Lipinski definition) is 0. The average Bonchev–Trinajstić information content (AvgIpc) is 1.12. The summed E-state index contributed by atoms with van der Waals surface area (Å²) in [6.07, 6.45) is 38.9. The standard InChI is InChI=1S/4C18H26O.C16H22O/c1-13-8-11-18(16(4)15(13)3)7-5-6-17-10-9-14(2)19-12-17;1-13-8-11-18(19-12-13)7-5-6-17-10-9-14(2)15(3)16(17)4;1-5-6-18-10-8-16(12-19-18)11-17-9-7-13(2)14(3)15(17)4;1-5-6-16-8-10-18(19-12-16)11-17-9-7-13(2)14(3)15(17)4;1-11-5-8-16(17-10-11)9-15-7-6-12(2)13(3)14(15)4/h8,11-12,14H,5-7,9-10H2,1-4H3;9-10,12,18H,5-8,11H2,1-4H3;2*7,9,12,18H,5-6,8,10-11H2,1-4H3;6-7,10,16H,5,8-9H2,1-4H3. The second-order valence-electron chi connectivity index (χ2n) is 28.8. The van der Waals surface area contributed by atoms with Crippen LogP contribution >= 0.6 is 0 Å². The van der Waals surface area contributed by atoms with Gasteiger partial charge >= 0.3 is 0 Å². The third-order valence-corrected chi connectivity index (χ3v) is 21.7. The van der Waals surface area contributed by atoms with Crippen molar-refractivity contribution in [3.8, 4) is 0 Å². The second-order valence-corrected chi connectivity index (χ2v) is 28.8. The van der Waals surface area contributed by atoms with Gasteiger partial charge in [0.1, 0.15) is 12.2 Å². The van der Waals surface area contributed by atoms with E-state index >= 15 is 0 Å². The lowest BCUT2D eigenvalue weighted by molar-refractivity contribution is 0.109. The fraction of sp³-hybridized carbons (Fsp3) is 0.545. The maximum Gasteiger partial charge on any atom is 0.102 e. The van der Waals surface area contributed by atoms with Gasteiger partial charge in [-0.3, -0.25) is 0 Å². The van der Waals surface area contributed by atoms with Crippen LogP contribution in [0.4, 0.5) is 0 Å². The number of benzene rings is 5. The highest BCUT2D eigenvalue weighted by molar-refractivity contribution is 5.43. The van der Waals surface area contributed by atoms with E-state index in [2.05, 4.69) is 199 Å². The molecule has 0 aromatic heterocycles. The molecule has 0 saturated heterocycles. The second kappa shape index (κ2) is 38.4. The molecule has 0 bridgehead atoms. The molecular weight excluding hydrogens is 1140 g/mol. The van der Waals surface area contributed by atoms with E-state index in [1.54, 1.807) is 0 Å². The molecule has 0 fully saturated rings. The van der Waals surface area contributed by atoms with Gasteiger partial charge in [0.05, 0.1) is 49.6 Å². The molecule has 5 aromatic rings. The van der Waals surface area contributed by atoms with Crippen molar-refractivity contribution in [1.29, 1.82) is 0 Å². The minimum absolute atomic E-state index is 0.361. The lowest BCUT2D eigenvalue weighted by Gasteiger charge is -2.24. The normalized spacial score (nSPS) is 19.1. The van der Waals surface area contributed by atoms with Crippen molar-refractivity contribution in [1.82, 2.24) is 0 Å². The molecule has 5 heteroatoms. The first kappa shape index (κ1) is 75.8. The lowest BCUT2D eigenvalue weighted by atomic mass is 9.92. The fourth-order valence-corrected chi connectivity index (χ4v) is 13.4.